The molecule has 2 N–H and O–H groups in total. The van der Waals surface area contributed by atoms with Crippen LogP contribution >= 0.6 is 15.9 Å². The summed E-state index contributed by atoms with van der Waals surface area (Å²) in [4.78, 5) is 24.6. The Kier molecular flexibility index (Phi) is 5.56. The van der Waals surface area contributed by atoms with Gasteiger partial charge in [0.2, 0.25) is 0 Å². The summed E-state index contributed by atoms with van der Waals surface area (Å²) in [7, 11) is 0. The molecule has 0 saturated heterocycles. The Bertz CT molecular complexity index is 1010. The Balaban J connectivity index is 1.89. The van der Waals surface area contributed by atoms with E-state index in [1.165, 1.54) is 0 Å². The third-order valence-corrected chi connectivity index (χ3v) is 4.15. The summed E-state index contributed by atoms with van der Waals surface area (Å²) in [5.41, 5.74) is 0.170. The molecular formula is C19H16BrN3O4. The van der Waals surface area contributed by atoms with Gasteiger partial charge in [0, 0.05) is 16.2 Å². The van der Waals surface area contributed by atoms with E-state index >= 15 is 0 Å². The molecule has 8 heteroatoms. The van der Waals surface area contributed by atoms with Crippen molar-refractivity contribution in [1.82, 2.24) is 9.78 Å². The summed E-state index contributed by atoms with van der Waals surface area (Å²) in [6, 6.07) is 14.6. The van der Waals surface area contributed by atoms with Crippen LogP contribution in [0.2, 0.25) is 0 Å². The molecule has 1 aromatic heterocycles. The van der Waals surface area contributed by atoms with E-state index in [2.05, 4.69) is 26.3 Å². The minimum Gasteiger partial charge on any atom is -0.505 e. The zero-order valence-corrected chi connectivity index (χ0v) is 15.9. The Labute approximate surface area is 163 Å². The number of aromatic nitrogens is 2. The molecule has 1 heterocycles. The highest BCUT2D eigenvalue weighted by Gasteiger charge is 2.17. The van der Waals surface area contributed by atoms with E-state index in [1.54, 1.807) is 48.5 Å². The first-order valence-electron chi connectivity index (χ1n) is 8.11. The predicted molar refractivity (Wildman–Crippen MR) is 105 cm³/mol. The number of hydrogen-bond donors (Lipinski definition) is 2. The van der Waals surface area contributed by atoms with Crippen molar-refractivity contribution in [2.75, 3.05) is 11.9 Å². The van der Waals surface area contributed by atoms with Crippen LogP contribution in [0.1, 0.15) is 17.4 Å². The highest BCUT2D eigenvalue weighted by molar-refractivity contribution is 9.10. The summed E-state index contributed by atoms with van der Waals surface area (Å²) >= 11 is 3.32. The molecule has 3 aromatic rings. The molecule has 3 rings (SSSR count). The highest BCUT2D eigenvalue weighted by Crippen LogP contribution is 2.19. The van der Waals surface area contributed by atoms with Crippen LogP contribution in [0.3, 0.4) is 0 Å². The van der Waals surface area contributed by atoms with E-state index < -0.39 is 17.2 Å². The summed E-state index contributed by atoms with van der Waals surface area (Å²) < 4.78 is 7.24. The van der Waals surface area contributed by atoms with E-state index in [1.807, 2.05) is 6.92 Å². The number of nitrogens with one attached hydrogen (secondary N) is 1. The second-order valence-corrected chi connectivity index (χ2v) is 6.43. The van der Waals surface area contributed by atoms with Crippen molar-refractivity contribution >= 4 is 27.5 Å². The second-order valence-electron chi connectivity index (χ2n) is 5.52. The minimum absolute atomic E-state index is 0.258. The fourth-order valence-electron chi connectivity index (χ4n) is 2.37. The van der Waals surface area contributed by atoms with Crippen molar-refractivity contribution in [3.63, 3.8) is 0 Å². The van der Waals surface area contributed by atoms with Crippen LogP contribution in [-0.2, 0) is 0 Å². The number of aromatic hydroxyl groups is 1. The molecule has 0 aliphatic rings. The van der Waals surface area contributed by atoms with Crippen LogP contribution in [0, 0.1) is 0 Å². The van der Waals surface area contributed by atoms with Gasteiger partial charge in [0.25, 0.3) is 11.5 Å². The van der Waals surface area contributed by atoms with E-state index in [-0.39, 0.29) is 5.69 Å². The Morgan fingerprint density at radius 1 is 1.19 bits per heavy atom. The molecular weight excluding hydrogens is 414 g/mol. The maximum atomic E-state index is 12.5. The van der Waals surface area contributed by atoms with Crippen LogP contribution < -0.4 is 15.6 Å². The Morgan fingerprint density at radius 3 is 2.48 bits per heavy atom. The molecule has 7 nitrogen and oxygen atoms in total. The lowest BCUT2D eigenvalue weighted by Crippen LogP contribution is -2.25. The maximum Gasteiger partial charge on any atom is 0.279 e. The van der Waals surface area contributed by atoms with Gasteiger partial charge in [-0.25, -0.2) is 0 Å². The van der Waals surface area contributed by atoms with Crippen molar-refractivity contribution in [2.24, 2.45) is 0 Å². The SMILES string of the molecule is CCOc1ccc(NC(=O)c2nn(-c3ccc(Br)cc3)c(=O)cc2O)cc1. The van der Waals surface area contributed by atoms with Gasteiger partial charge in [-0.1, -0.05) is 15.9 Å². The topological polar surface area (TPSA) is 93.5 Å². The fourth-order valence-corrected chi connectivity index (χ4v) is 2.63. The third kappa shape index (κ3) is 4.35. The van der Waals surface area contributed by atoms with Gasteiger partial charge in [-0.2, -0.15) is 9.78 Å². The number of hydrogen-bond acceptors (Lipinski definition) is 5. The third-order valence-electron chi connectivity index (χ3n) is 3.62. The van der Waals surface area contributed by atoms with Crippen LogP contribution in [0.5, 0.6) is 11.5 Å². The van der Waals surface area contributed by atoms with Crippen LogP contribution in [0.15, 0.2) is 63.9 Å². The first-order chi connectivity index (χ1) is 13.0. The summed E-state index contributed by atoms with van der Waals surface area (Å²) in [6.45, 7) is 2.42. The number of halogens is 1. The zero-order valence-electron chi connectivity index (χ0n) is 14.3. The molecule has 0 saturated carbocycles. The van der Waals surface area contributed by atoms with Gasteiger partial charge in [-0.15, -0.1) is 0 Å². The van der Waals surface area contributed by atoms with Gasteiger partial charge >= 0.3 is 0 Å². The van der Waals surface area contributed by atoms with Gasteiger partial charge < -0.3 is 15.2 Å². The van der Waals surface area contributed by atoms with Crippen molar-refractivity contribution < 1.29 is 14.6 Å². The largest absolute Gasteiger partial charge is 0.505 e. The van der Waals surface area contributed by atoms with Gasteiger partial charge in [0.15, 0.2) is 11.4 Å². The number of rotatable bonds is 5. The van der Waals surface area contributed by atoms with Gasteiger partial charge in [-0.3, -0.25) is 9.59 Å². The van der Waals surface area contributed by atoms with E-state index in [4.69, 9.17) is 4.74 Å². The van der Waals surface area contributed by atoms with Gasteiger partial charge in [0.1, 0.15) is 5.75 Å². The molecule has 0 radical (unpaired) electrons. The maximum absolute atomic E-state index is 12.5. The standard InChI is InChI=1S/C19H16BrN3O4/c1-2-27-15-9-5-13(6-10-15)21-19(26)18-16(24)11-17(25)23(22-18)14-7-3-12(20)4-8-14/h3-11,24H,2H2,1H3,(H,21,26). The average Bonchev–Trinajstić information content (AvgIpc) is 2.64. The lowest BCUT2D eigenvalue weighted by Gasteiger charge is -2.10. The number of carbonyl (C=O) groups is 1. The quantitative estimate of drug-likeness (QED) is 0.648. The van der Waals surface area contributed by atoms with Gasteiger partial charge in [0.05, 0.1) is 12.3 Å². The Hall–Kier alpha value is -3.13. The zero-order chi connectivity index (χ0) is 19.4. The summed E-state index contributed by atoms with van der Waals surface area (Å²) in [6.07, 6.45) is 0. The number of benzene rings is 2. The van der Waals surface area contributed by atoms with E-state index in [0.717, 1.165) is 15.2 Å². The molecule has 0 spiro atoms. The normalized spacial score (nSPS) is 10.4. The molecule has 27 heavy (non-hydrogen) atoms. The number of carbonyl (C=O) groups excluding carboxylic acids is 1. The summed E-state index contributed by atoms with van der Waals surface area (Å²) in [5, 5.41) is 16.7. The van der Waals surface area contributed by atoms with Crippen LogP contribution in [0.4, 0.5) is 5.69 Å². The highest BCUT2D eigenvalue weighted by atomic mass is 79.9. The van der Waals surface area contributed by atoms with Crippen molar-refractivity contribution in [3.05, 3.63) is 75.1 Å². The second kappa shape index (κ2) is 8.05. The molecule has 1 amide bonds. The number of ether oxygens (including phenoxy) is 1. The number of amides is 1. The van der Waals surface area contributed by atoms with E-state index in [0.29, 0.717) is 23.7 Å². The van der Waals surface area contributed by atoms with Gasteiger partial charge in [-0.05, 0) is 55.5 Å². The molecule has 0 aliphatic carbocycles. The molecule has 0 atom stereocenters. The Morgan fingerprint density at radius 2 is 1.85 bits per heavy atom. The fraction of sp³-hybridized carbons (Fsp3) is 0.105. The predicted octanol–water partition coefficient (Wildman–Crippen LogP) is 3.35. The first-order valence-corrected chi connectivity index (χ1v) is 8.90. The molecule has 0 aliphatic heterocycles. The smallest absolute Gasteiger partial charge is 0.279 e. The van der Waals surface area contributed by atoms with Crippen molar-refractivity contribution in [1.29, 1.82) is 0 Å². The molecule has 0 fully saturated rings. The summed E-state index contributed by atoms with van der Waals surface area (Å²) in [5.74, 6) is -0.445. The molecule has 2 aromatic carbocycles. The lowest BCUT2D eigenvalue weighted by molar-refractivity contribution is 0.101. The molecule has 0 unspecified atom stereocenters. The van der Waals surface area contributed by atoms with Crippen LogP contribution in [-0.4, -0.2) is 27.4 Å². The number of anilines is 1. The monoisotopic (exact) mass is 429 g/mol. The lowest BCUT2D eigenvalue weighted by atomic mass is 10.2. The van der Waals surface area contributed by atoms with Crippen molar-refractivity contribution in [3.8, 4) is 17.2 Å². The minimum atomic E-state index is -0.637. The van der Waals surface area contributed by atoms with E-state index in [9.17, 15) is 14.7 Å². The first kappa shape index (κ1) is 18.7. The number of nitrogens with zero attached hydrogens (tertiary/aromatic N) is 2. The molecule has 138 valence electrons. The average molecular weight is 430 g/mol. The molecule has 0 bridgehead atoms. The van der Waals surface area contributed by atoms with Crippen molar-refractivity contribution in [2.45, 2.75) is 6.92 Å². The van der Waals surface area contributed by atoms with Crippen LogP contribution in [0.25, 0.3) is 5.69 Å².